The second kappa shape index (κ2) is 11.4. The van der Waals surface area contributed by atoms with Gasteiger partial charge in [0.2, 0.25) is 5.95 Å². The second-order valence-electron chi connectivity index (χ2n) is 12.4. The summed E-state index contributed by atoms with van der Waals surface area (Å²) in [5.41, 5.74) is 4.16. The van der Waals surface area contributed by atoms with Crippen molar-refractivity contribution in [2.24, 2.45) is 11.3 Å². The second-order valence-corrected chi connectivity index (χ2v) is 12.4. The first-order chi connectivity index (χ1) is 19.5. The average Bonchev–Trinajstić information content (AvgIpc) is 3.68. The zero-order valence-corrected chi connectivity index (χ0v) is 24.5. The van der Waals surface area contributed by atoms with Crippen LogP contribution in [-0.4, -0.2) is 76.6 Å². The van der Waals surface area contributed by atoms with Gasteiger partial charge >= 0.3 is 0 Å². The van der Waals surface area contributed by atoms with Crippen LogP contribution in [0.1, 0.15) is 75.1 Å². The number of nitrogens with one attached hydrogen (secondary N) is 1. The fraction of sp³-hybridized carbons (Fsp3) is 0.594. The monoisotopic (exact) mass is 543 g/mol. The fourth-order valence-corrected chi connectivity index (χ4v) is 7.55. The molecule has 2 saturated heterocycles. The quantitative estimate of drug-likeness (QED) is 0.405. The van der Waals surface area contributed by atoms with E-state index < -0.39 is 0 Å². The van der Waals surface area contributed by atoms with E-state index in [1.807, 2.05) is 46.9 Å². The van der Waals surface area contributed by atoms with Crippen LogP contribution in [-0.2, 0) is 0 Å². The van der Waals surface area contributed by atoms with E-state index in [9.17, 15) is 4.79 Å². The number of fused-ring (bicyclic) bond motifs is 1. The van der Waals surface area contributed by atoms with Gasteiger partial charge in [0.15, 0.2) is 5.65 Å². The van der Waals surface area contributed by atoms with Gasteiger partial charge in [0.25, 0.3) is 5.91 Å². The van der Waals surface area contributed by atoms with Crippen molar-refractivity contribution in [3.05, 3.63) is 48.2 Å². The molecule has 214 valence electrons. The van der Waals surface area contributed by atoms with E-state index >= 15 is 0 Å². The highest BCUT2D eigenvalue weighted by Gasteiger charge is 2.41. The molecule has 0 spiro atoms. The van der Waals surface area contributed by atoms with Crippen LogP contribution in [0.4, 0.5) is 17.3 Å². The summed E-state index contributed by atoms with van der Waals surface area (Å²) >= 11 is 0. The first-order valence-corrected chi connectivity index (χ1v) is 15.4. The summed E-state index contributed by atoms with van der Waals surface area (Å²) in [6, 6.07) is 12.2. The number of likely N-dealkylation sites (tertiary alicyclic amines) is 1. The molecule has 6 rings (SSSR count). The maximum absolute atomic E-state index is 13.1. The van der Waals surface area contributed by atoms with Crippen LogP contribution in [0.25, 0.3) is 5.65 Å². The predicted molar refractivity (Wildman–Crippen MR) is 161 cm³/mol. The third-order valence-corrected chi connectivity index (χ3v) is 10.3. The Morgan fingerprint density at radius 3 is 2.40 bits per heavy atom. The van der Waals surface area contributed by atoms with Gasteiger partial charge in [-0.1, -0.05) is 26.2 Å². The Bertz CT molecular complexity index is 1300. The molecule has 4 heterocycles. The molecule has 3 aliphatic rings. The van der Waals surface area contributed by atoms with Gasteiger partial charge in [-0.25, -0.2) is 4.52 Å². The van der Waals surface area contributed by atoms with Gasteiger partial charge in [-0.05, 0) is 106 Å². The molecule has 3 aromatic rings. The molecule has 8 nitrogen and oxygen atoms in total. The Labute approximate surface area is 238 Å². The summed E-state index contributed by atoms with van der Waals surface area (Å²) in [5.74, 6) is 1.56. The highest BCUT2D eigenvalue weighted by molar-refractivity contribution is 5.94. The molecule has 0 unspecified atom stereocenters. The average molecular weight is 544 g/mol. The summed E-state index contributed by atoms with van der Waals surface area (Å²) in [4.78, 5) is 24.7. The molecule has 1 N–H and O–H groups in total. The zero-order chi connectivity index (χ0) is 27.7. The van der Waals surface area contributed by atoms with Crippen LogP contribution in [0.5, 0.6) is 0 Å². The van der Waals surface area contributed by atoms with Gasteiger partial charge in [0.05, 0.1) is 5.69 Å². The van der Waals surface area contributed by atoms with Crippen LogP contribution >= 0.6 is 0 Å². The lowest BCUT2D eigenvalue weighted by Gasteiger charge is -2.46. The van der Waals surface area contributed by atoms with E-state index in [1.54, 1.807) is 0 Å². The van der Waals surface area contributed by atoms with Crippen molar-refractivity contribution in [3.8, 4) is 0 Å². The predicted octanol–water partition coefficient (Wildman–Crippen LogP) is 5.83. The summed E-state index contributed by atoms with van der Waals surface area (Å²) in [5, 5.41) is 8.07. The van der Waals surface area contributed by atoms with Gasteiger partial charge in [-0.2, -0.15) is 4.98 Å². The van der Waals surface area contributed by atoms with E-state index in [-0.39, 0.29) is 5.91 Å². The Morgan fingerprint density at radius 2 is 1.73 bits per heavy atom. The van der Waals surface area contributed by atoms with Crippen LogP contribution in [0.2, 0.25) is 0 Å². The van der Waals surface area contributed by atoms with Gasteiger partial charge in [-0.3, -0.25) is 4.79 Å². The number of carbonyl (C=O) groups is 1. The summed E-state index contributed by atoms with van der Waals surface area (Å²) in [7, 11) is 4.07. The van der Waals surface area contributed by atoms with Crippen LogP contribution in [0.15, 0.2) is 42.6 Å². The number of hydrogen-bond acceptors (Lipinski definition) is 6. The number of piperidine rings is 2. The van der Waals surface area contributed by atoms with E-state index in [0.717, 1.165) is 62.0 Å². The third kappa shape index (κ3) is 5.30. The van der Waals surface area contributed by atoms with Crippen molar-refractivity contribution in [2.45, 2.75) is 70.8 Å². The molecule has 1 aliphatic carbocycles. The van der Waals surface area contributed by atoms with Crippen molar-refractivity contribution >= 4 is 28.9 Å². The number of nitrogens with zero attached hydrogens (tertiary/aromatic N) is 6. The Hall–Kier alpha value is -3.13. The normalized spacial score (nSPS) is 20.7. The number of amides is 1. The number of pyridine rings is 1. The molecule has 2 aromatic heterocycles. The summed E-state index contributed by atoms with van der Waals surface area (Å²) in [6.45, 7) is 6.65. The SMILES string of the molecule is CCC1(C2CCCC2)CCN(c2cccn3nc(Nc4ccc(C(=O)N(C)C5CCN(C)CC5)cc4)nc23)CC1. The lowest BCUT2D eigenvalue weighted by molar-refractivity contribution is 0.0659. The van der Waals surface area contributed by atoms with Crippen molar-refractivity contribution in [3.63, 3.8) is 0 Å². The van der Waals surface area contributed by atoms with E-state index in [4.69, 9.17) is 10.1 Å². The van der Waals surface area contributed by atoms with Gasteiger partial charge in [0.1, 0.15) is 0 Å². The lowest BCUT2D eigenvalue weighted by Crippen LogP contribution is -2.44. The summed E-state index contributed by atoms with van der Waals surface area (Å²) < 4.78 is 1.88. The molecular weight excluding hydrogens is 498 g/mol. The van der Waals surface area contributed by atoms with Crippen molar-refractivity contribution in [1.82, 2.24) is 24.4 Å². The number of anilines is 3. The zero-order valence-electron chi connectivity index (χ0n) is 24.5. The van der Waals surface area contributed by atoms with Crippen molar-refractivity contribution < 1.29 is 4.79 Å². The molecule has 0 radical (unpaired) electrons. The van der Waals surface area contributed by atoms with E-state index in [1.165, 1.54) is 44.9 Å². The Kier molecular flexibility index (Phi) is 7.71. The fourth-order valence-electron chi connectivity index (χ4n) is 7.55. The number of carbonyl (C=O) groups excluding carboxylic acids is 1. The number of benzene rings is 1. The molecule has 0 bridgehead atoms. The minimum Gasteiger partial charge on any atom is -0.368 e. The van der Waals surface area contributed by atoms with Crippen molar-refractivity contribution in [1.29, 1.82) is 0 Å². The topological polar surface area (TPSA) is 69.0 Å². The van der Waals surface area contributed by atoms with Gasteiger partial charge in [-0.15, -0.1) is 5.10 Å². The third-order valence-electron chi connectivity index (χ3n) is 10.3. The Morgan fingerprint density at radius 1 is 1.02 bits per heavy atom. The van der Waals surface area contributed by atoms with Gasteiger partial charge in [0, 0.05) is 43.6 Å². The maximum atomic E-state index is 13.1. The highest BCUT2D eigenvalue weighted by atomic mass is 16.2. The largest absolute Gasteiger partial charge is 0.368 e. The van der Waals surface area contributed by atoms with Crippen LogP contribution in [0.3, 0.4) is 0 Å². The van der Waals surface area contributed by atoms with E-state index in [2.05, 4.69) is 41.2 Å². The summed E-state index contributed by atoms with van der Waals surface area (Å²) in [6.07, 6.45) is 13.5. The number of hydrogen-bond donors (Lipinski definition) is 1. The minimum atomic E-state index is 0.0816. The van der Waals surface area contributed by atoms with Crippen LogP contribution < -0.4 is 10.2 Å². The number of aromatic nitrogens is 3. The smallest absolute Gasteiger partial charge is 0.253 e. The molecule has 8 heteroatoms. The Balaban J connectivity index is 1.12. The van der Waals surface area contributed by atoms with E-state index in [0.29, 0.717) is 23.0 Å². The molecule has 1 aromatic carbocycles. The minimum absolute atomic E-state index is 0.0816. The standard InChI is InChI=1S/C32H45N7O/c1-4-32(25-8-5-6-9-25)17-22-38(23-18-32)28-10-7-19-39-29(28)34-31(35-39)33-26-13-11-24(12-14-26)30(40)37(3)27-15-20-36(2)21-16-27/h7,10-14,19,25,27H,4-6,8-9,15-18,20-23H2,1-3H3,(H,33,35). The first kappa shape index (κ1) is 27.1. The van der Waals surface area contributed by atoms with Gasteiger partial charge < -0.3 is 20.0 Å². The van der Waals surface area contributed by atoms with Crippen molar-refractivity contribution in [2.75, 3.05) is 50.5 Å². The molecular formula is C32H45N7O. The lowest BCUT2D eigenvalue weighted by atomic mass is 9.66. The number of rotatable bonds is 7. The molecule has 0 atom stereocenters. The molecule has 40 heavy (non-hydrogen) atoms. The molecule has 3 fully saturated rings. The maximum Gasteiger partial charge on any atom is 0.253 e. The first-order valence-electron chi connectivity index (χ1n) is 15.4. The molecule has 1 saturated carbocycles. The molecule has 1 amide bonds. The highest BCUT2D eigenvalue weighted by Crippen LogP contribution is 2.49. The molecule has 2 aliphatic heterocycles. The van der Waals surface area contributed by atoms with Crippen LogP contribution in [0, 0.1) is 11.3 Å².